The van der Waals surface area contributed by atoms with Crippen LogP contribution in [0.2, 0.25) is 0 Å². The van der Waals surface area contributed by atoms with Gasteiger partial charge in [0, 0.05) is 12.3 Å². The summed E-state index contributed by atoms with van der Waals surface area (Å²) in [6, 6.07) is 10.4. The lowest BCUT2D eigenvalue weighted by Gasteiger charge is -1.97. The molecule has 2 rings (SSSR count). The number of benzene rings is 1. The molecule has 0 amide bonds. The van der Waals surface area contributed by atoms with Gasteiger partial charge in [0.05, 0.1) is 6.20 Å². The summed E-state index contributed by atoms with van der Waals surface area (Å²) in [5.41, 5.74) is 1.32. The molecule has 0 radical (unpaired) electrons. The van der Waals surface area contributed by atoms with E-state index >= 15 is 0 Å². The molecule has 1 aromatic heterocycles. The van der Waals surface area contributed by atoms with E-state index in [1.807, 2.05) is 16.9 Å². The maximum absolute atomic E-state index is 4.13. The van der Waals surface area contributed by atoms with Crippen LogP contribution in [0.5, 0.6) is 0 Å². The van der Waals surface area contributed by atoms with Crippen LogP contribution >= 0.6 is 11.8 Å². The molecule has 2 aromatic rings. The molecule has 0 N–H and O–H groups in total. The average molecular weight is 233 g/mol. The summed E-state index contributed by atoms with van der Waals surface area (Å²) in [5, 5.41) is 9.19. The van der Waals surface area contributed by atoms with E-state index < -0.39 is 0 Å². The largest absolute Gasteiger partial charge is 0.251 e. The van der Waals surface area contributed by atoms with Gasteiger partial charge in [0.15, 0.2) is 0 Å². The first-order chi connectivity index (χ1) is 7.88. The Morgan fingerprint density at radius 2 is 2.06 bits per heavy atom. The van der Waals surface area contributed by atoms with E-state index in [-0.39, 0.29) is 0 Å². The fourth-order valence-corrected chi connectivity index (χ4v) is 2.21. The highest BCUT2D eigenvalue weighted by atomic mass is 32.2. The van der Waals surface area contributed by atoms with Crippen LogP contribution in [-0.4, -0.2) is 15.0 Å². The topological polar surface area (TPSA) is 30.7 Å². The van der Waals surface area contributed by atoms with Crippen LogP contribution in [0.4, 0.5) is 0 Å². The highest BCUT2D eigenvalue weighted by Gasteiger charge is 2.01. The summed E-state index contributed by atoms with van der Waals surface area (Å²) in [5.74, 6) is 0.950. The van der Waals surface area contributed by atoms with E-state index in [2.05, 4.69) is 41.5 Å². The molecule has 0 bridgehead atoms. The van der Waals surface area contributed by atoms with Gasteiger partial charge in [-0.3, -0.25) is 4.68 Å². The second-order valence-electron chi connectivity index (χ2n) is 3.59. The third kappa shape index (κ3) is 3.10. The van der Waals surface area contributed by atoms with Gasteiger partial charge >= 0.3 is 0 Å². The van der Waals surface area contributed by atoms with Crippen LogP contribution in [0.15, 0.2) is 41.6 Å². The molecule has 0 aliphatic rings. The number of aromatic nitrogens is 3. The van der Waals surface area contributed by atoms with Crippen molar-refractivity contribution in [2.45, 2.75) is 30.7 Å². The summed E-state index contributed by atoms with van der Waals surface area (Å²) in [6.45, 7) is 3.08. The third-order valence-corrected chi connectivity index (χ3v) is 3.16. The van der Waals surface area contributed by atoms with Gasteiger partial charge in [-0.25, -0.2) is 0 Å². The second kappa shape index (κ2) is 5.70. The van der Waals surface area contributed by atoms with Gasteiger partial charge in [-0.1, -0.05) is 54.2 Å². The molecule has 3 nitrogen and oxygen atoms in total. The van der Waals surface area contributed by atoms with Gasteiger partial charge in [0.25, 0.3) is 0 Å². The van der Waals surface area contributed by atoms with E-state index in [1.165, 1.54) is 5.56 Å². The Hall–Kier alpha value is -1.29. The summed E-state index contributed by atoms with van der Waals surface area (Å²) in [4.78, 5) is 0. The van der Waals surface area contributed by atoms with Crippen LogP contribution in [0, 0.1) is 0 Å². The third-order valence-electron chi connectivity index (χ3n) is 2.20. The van der Waals surface area contributed by atoms with Crippen molar-refractivity contribution >= 4 is 11.8 Å². The Kier molecular flexibility index (Phi) is 3.99. The molecule has 0 atom stereocenters. The average Bonchev–Trinajstić information content (AvgIpc) is 2.76. The fraction of sp³-hybridized carbons (Fsp3) is 0.333. The minimum atomic E-state index is 0.943. The molecule has 0 saturated carbocycles. The molecule has 1 aromatic carbocycles. The Morgan fingerprint density at radius 3 is 2.81 bits per heavy atom. The monoisotopic (exact) mass is 233 g/mol. The summed E-state index contributed by atoms with van der Waals surface area (Å²) in [7, 11) is 0. The Morgan fingerprint density at radius 1 is 1.25 bits per heavy atom. The summed E-state index contributed by atoms with van der Waals surface area (Å²) < 4.78 is 1.90. The van der Waals surface area contributed by atoms with Crippen LogP contribution in [-0.2, 0) is 12.3 Å². The predicted molar refractivity (Wildman–Crippen MR) is 66.3 cm³/mol. The highest BCUT2D eigenvalue weighted by molar-refractivity contribution is 7.98. The quantitative estimate of drug-likeness (QED) is 0.744. The zero-order valence-electron chi connectivity index (χ0n) is 9.34. The Bertz CT molecular complexity index is 425. The van der Waals surface area contributed by atoms with Crippen LogP contribution < -0.4 is 0 Å². The molecule has 0 aliphatic carbocycles. The number of rotatable bonds is 5. The van der Waals surface area contributed by atoms with E-state index in [1.54, 1.807) is 11.8 Å². The summed E-state index contributed by atoms with van der Waals surface area (Å²) in [6.07, 6.45) is 3.10. The van der Waals surface area contributed by atoms with E-state index in [9.17, 15) is 0 Å². The van der Waals surface area contributed by atoms with Crippen molar-refractivity contribution in [2.75, 3.05) is 0 Å². The van der Waals surface area contributed by atoms with Crippen molar-refractivity contribution in [3.63, 3.8) is 0 Å². The van der Waals surface area contributed by atoms with Crippen molar-refractivity contribution < 1.29 is 0 Å². The number of aryl methyl sites for hydroxylation is 1. The van der Waals surface area contributed by atoms with Crippen molar-refractivity contribution in [3.05, 3.63) is 42.1 Å². The van der Waals surface area contributed by atoms with E-state index in [0.717, 1.165) is 23.7 Å². The van der Waals surface area contributed by atoms with Crippen LogP contribution in [0.25, 0.3) is 0 Å². The van der Waals surface area contributed by atoms with Crippen molar-refractivity contribution in [1.82, 2.24) is 15.0 Å². The normalized spacial score (nSPS) is 10.6. The second-order valence-corrected chi connectivity index (χ2v) is 4.59. The van der Waals surface area contributed by atoms with Gasteiger partial charge in [0.2, 0.25) is 0 Å². The standard InChI is InChI=1S/C12H15N3S/c1-2-8-15-9-12(13-14-15)16-10-11-6-4-3-5-7-11/h3-7,9H,2,8,10H2,1H3. The Labute approximate surface area is 99.9 Å². The first-order valence-electron chi connectivity index (χ1n) is 5.45. The predicted octanol–water partition coefficient (Wildman–Crippen LogP) is 2.98. The molecule has 84 valence electrons. The molecular formula is C12H15N3S. The number of hydrogen-bond donors (Lipinski definition) is 0. The highest BCUT2D eigenvalue weighted by Crippen LogP contribution is 2.19. The molecule has 0 spiro atoms. The van der Waals surface area contributed by atoms with Gasteiger partial charge in [-0.2, -0.15) is 0 Å². The first-order valence-corrected chi connectivity index (χ1v) is 6.44. The lowest BCUT2D eigenvalue weighted by molar-refractivity contribution is 0.578. The number of nitrogens with zero attached hydrogens (tertiary/aromatic N) is 3. The van der Waals surface area contributed by atoms with Gasteiger partial charge < -0.3 is 0 Å². The maximum Gasteiger partial charge on any atom is 0.139 e. The minimum absolute atomic E-state index is 0.943. The molecule has 0 unspecified atom stereocenters. The molecule has 4 heteroatoms. The molecule has 0 fully saturated rings. The van der Waals surface area contributed by atoms with Crippen LogP contribution in [0.1, 0.15) is 18.9 Å². The van der Waals surface area contributed by atoms with Crippen molar-refractivity contribution in [3.8, 4) is 0 Å². The van der Waals surface area contributed by atoms with Gasteiger partial charge in [0.1, 0.15) is 5.03 Å². The molecular weight excluding hydrogens is 218 g/mol. The molecule has 1 heterocycles. The Balaban J connectivity index is 1.89. The zero-order chi connectivity index (χ0) is 11.2. The number of thioether (sulfide) groups is 1. The number of hydrogen-bond acceptors (Lipinski definition) is 3. The van der Waals surface area contributed by atoms with Crippen molar-refractivity contribution in [1.29, 1.82) is 0 Å². The van der Waals surface area contributed by atoms with Gasteiger partial charge in [-0.15, -0.1) is 5.10 Å². The fourth-order valence-electron chi connectivity index (χ4n) is 1.42. The summed E-state index contributed by atoms with van der Waals surface area (Å²) >= 11 is 1.73. The van der Waals surface area contributed by atoms with E-state index in [0.29, 0.717) is 0 Å². The molecule has 16 heavy (non-hydrogen) atoms. The van der Waals surface area contributed by atoms with E-state index in [4.69, 9.17) is 0 Å². The molecule has 0 saturated heterocycles. The van der Waals surface area contributed by atoms with Crippen molar-refractivity contribution in [2.24, 2.45) is 0 Å². The minimum Gasteiger partial charge on any atom is -0.251 e. The first kappa shape index (κ1) is 11.2. The SMILES string of the molecule is CCCn1cc(SCc2ccccc2)nn1. The van der Waals surface area contributed by atoms with Crippen LogP contribution in [0.3, 0.4) is 0 Å². The molecule has 0 aliphatic heterocycles. The maximum atomic E-state index is 4.13. The zero-order valence-corrected chi connectivity index (χ0v) is 10.2. The lowest BCUT2D eigenvalue weighted by atomic mass is 10.2. The lowest BCUT2D eigenvalue weighted by Crippen LogP contribution is -1.96. The van der Waals surface area contributed by atoms with Gasteiger partial charge in [-0.05, 0) is 12.0 Å². The smallest absolute Gasteiger partial charge is 0.139 e.